The Hall–Kier alpha value is -1.49. The minimum absolute atomic E-state index is 0. The first-order valence-corrected chi connectivity index (χ1v) is 8.24. The third-order valence-electron chi connectivity index (χ3n) is 4.03. The molecule has 0 spiro atoms. The number of carbonyl (C=O) groups is 1. The second kappa shape index (κ2) is 8.06. The van der Waals surface area contributed by atoms with E-state index in [2.05, 4.69) is 11.9 Å². The molecular weight excluding hydrogens is 349 g/mol. The van der Waals surface area contributed by atoms with Gasteiger partial charge in [-0.2, -0.15) is 0 Å². The number of ether oxygens (including phenoxy) is 1. The predicted octanol–water partition coefficient (Wildman–Crippen LogP) is 4.46. The van der Waals surface area contributed by atoms with Gasteiger partial charge in [-0.1, -0.05) is 18.5 Å². The third kappa shape index (κ3) is 3.77. The van der Waals surface area contributed by atoms with E-state index in [1.165, 1.54) is 6.08 Å². The van der Waals surface area contributed by atoms with E-state index >= 15 is 0 Å². The second-order valence-electron chi connectivity index (χ2n) is 5.83. The van der Waals surface area contributed by atoms with Crippen molar-refractivity contribution in [2.24, 2.45) is 0 Å². The van der Waals surface area contributed by atoms with Crippen LogP contribution in [0.3, 0.4) is 0 Å². The molecule has 6 heteroatoms. The number of nitrogens with zero attached hydrogens (tertiary/aromatic N) is 1. The van der Waals surface area contributed by atoms with Gasteiger partial charge in [-0.05, 0) is 43.7 Å². The molecule has 24 heavy (non-hydrogen) atoms. The monoisotopic (exact) mass is 369 g/mol. The van der Waals surface area contributed by atoms with Gasteiger partial charge < -0.3 is 14.1 Å². The Labute approximate surface area is 152 Å². The topological polar surface area (TPSA) is 42.7 Å². The van der Waals surface area contributed by atoms with E-state index in [1.807, 2.05) is 19.1 Å². The van der Waals surface area contributed by atoms with E-state index in [0.717, 1.165) is 53.0 Å². The molecule has 2 heterocycles. The molecule has 0 atom stereocenters. The average molecular weight is 370 g/mol. The van der Waals surface area contributed by atoms with E-state index in [0.29, 0.717) is 12.4 Å². The summed E-state index contributed by atoms with van der Waals surface area (Å²) in [6.07, 6.45) is 4.82. The van der Waals surface area contributed by atoms with Crippen LogP contribution in [0, 0.1) is 0 Å². The summed E-state index contributed by atoms with van der Waals surface area (Å²) in [5.41, 5.74) is 3.02. The van der Waals surface area contributed by atoms with Crippen molar-refractivity contribution in [3.05, 3.63) is 40.1 Å². The first-order valence-electron chi connectivity index (χ1n) is 7.86. The van der Waals surface area contributed by atoms with Gasteiger partial charge in [-0.15, -0.1) is 12.4 Å². The molecule has 4 nitrogen and oxygen atoms in total. The van der Waals surface area contributed by atoms with Crippen LogP contribution in [0.5, 0.6) is 0 Å². The summed E-state index contributed by atoms with van der Waals surface area (Å²) in [4.78, 5) is 13.9. The van der Waals surface area contributed by atoms with E-state index in [9.17, 15) is 4.79 Å². The zero-order valence-corrected chi connectivity index (χ0v) is 15.4. The van der Waals surface area contributed by atoms with Gasteiger partial charge >= 0.3 is 5.97 Å². The quantitative estimate of drug-likeness (QED) is 0.589. The summed E-state index contributed by atoms with van der Waals surface area (Å²) in [6, 6.07) is 3.77. The first-order chi connectivity index (χ1) is 11.1. The lowest BCUT2D eigenvalue weighted by molar-refractivity contribution is -0.137. The number of carbonyl (C=O) groups excluding carboxylic acids is 1. The van der Waals surface area contributed by atoms with E-state index in [1.54, 1.807) is 6.08 Å². The molecule has 1 aromatic heterocycles. The number of halogens is 2. The van der Waals surface area contributed by atoms with Crippen molar-refractivity contribution in [1.82, 2.24) is 4.90 Å². The summed E-state index contributed by atoms with van der Waals surface area (Å²) < 4.78 is 11.0. The molecule has 0 unspecified atom stereocenters. The van der Waals surface area contributed by atoms with Crippen molar-refractivity contribution in [1.29, 1.82) is 0 Å². The van der Waals surface area contributed by atoms with Crippen molar-refractivity contribution in [2.45, 2.75) is 26.3 Å². The summed E-state index contributed by atoms with van der Waals surface area (Å²) in [7, 11) is 2.07. The van der Waals surface area contributed by atoms with E-state index < -0.39 is 0 Å². The Morgan fingerprint density at radius 1 is 1.42 bits per heavy atom. The molecule has 1 aromatic carbocycles. The van der Waals surface area contributed by atoms with Gasteiger partial charge in [0.05, 0.1) is 6.61 Å². The lowest BCUT2D eigenvalue weighted by Gasteiger charge is -2.12. The van der Waals surface area contributed by atoms with Gasteiger partial charge in [-0.25, -0.2) is 4.79 Å². The standard InChI is InChI=1S/C18H20ClNO3.ClH/c1-3-10-22-17(21)7-6-15-13-11-20(2)9-8-12-14(19)4-5-16(23-15)18(12)13;/h4-7H,3,8-11H2,1-2H3;1H/b7-6+;. The Morgan fingerprint density at radius 2 is 2.21 bits per heavy atom. The maximum absolute atomic E-state index is 11.7. The molecule has 0 amide bonds. The summed E-state index contributed by atoms with van der Waals surface area (Å²) in [5, 5.41) is 1.86. The predicted molar refractivity (Wildman–Crippen MR) is 98.8 cm³/mol. The average Bonchev–Trinajstić information content (AvgIpc) is 2.77. The van der Waals surface area contributed by atoms with Crippen LogP contribution in [0.25, 0.3) is 17.0 Å². The number of rotatable bonds is 4. The van der Waals surface area contributed by atoms with Crippen LogP contribution < -0.4 is 0 Å². The largest absolute Gasteiger partial charge is 0.463 e. The van der Waals surface area contributed by atoms with Crippen molar-refractivity contribution in [3.63, 3.8) is 0 Å². The Balaban J connectivity index is 0.00000208. The maximum Gasteiger partial charge on any atom is 0.330 e. The zero-order chi connectivity index (χ0) is 16.4. The minimum Gasteiger partial charge on any atom is -0.463 e. The van der Waals surface area contributed by atoms with Crippen molar-refractivity contribution < 1.29 is 13.9 Å². The van der Waals surface area contributed by atoms with Crippen LogP contribution >= 0.6 is 24.0 Å². The number of hydrogen-bond donors (Lipinski definition) is 0. The zero-order valence-electron chi connectivity index (χ0n) is 13.8. The summed E-state index contributed by atoms with van der Waals surface area (Å²) in [5.74, 6) is 0.352. The lowest BCUT2D eigenvalue weighted by Crippen LogP contribution is -2.18. The summed E-state index contributed by atoms with van der Waals surface area (Å²) in [6.45, 7) is 4.10. The molecule has 1 aliphatic heterocycles. The Bertz CT molecular complexity index is 767. The van der Waals surface area contributed by atoms with Gasteiger partial charge in [0.2, 0.25) is 0 Å². The molecule has 0 saturated carbocycles. The van der Waals surface area contributed by atoms with Crippen molar-refractivity contribution in [3.8, 4) is 0 Å². The lowest BCUT2D eigenvalue weighted by atomic mass is 10.0. The van der Waals surface area contributed by atoms with E-state index in [4.69, 9.17) is 20.8 Å². The van der Waals surface area contributed by atoms with Gasteiger partial charge in [0.1, 0.15) is 11.3 Å². The third-order valence-corrected chi connectivity index (χ3v) is 4.38. The van der Waals surface area contributed by atoms with Crippen LogP contribution in [0.4, 0.5) is 0 Å². The molecule has 130 valence electrons. The maximum atomic E-state index is 11.7. The molecule has 0 bridgehead atoms. The number of esters is 1. The number of likely N-dealkylation sites (N-methyl/N-ethyl adjacent to an activating group) is 1. The molecule has 0 N–H and O–H groups in total. The SMILES string of the molecule is CCCOC(=O)/C=C/c1oc2ccc(Cl)c3c2c1CN(C)CC3.Cl. The smallest absolute Gasteiger partial charge is 0.330 e. The van der Waals surface area contributed by atoms with Gasteiger partial charge in [0.15, 0.2) is 0 Å². The highest BCUT2D eigenvalue weighted by Crippen LogP contribution is 2.36. The number of furan rings is 1. The van der Waals surface area contributed by atoms with Crippen LogP contribution in [0.15, 0.2) is 22.6 Å². The molecule has 3 rings (SSSR count). The molecule has 0 radical (unpaired) electrons. The second-order valence-corrected chi connectivity index (χ2v) is 6.24. The van der Waals surface area contributed by atoms with Gasteiger partial charge in [0, 0.05) is 35.1 Å². The minimum atomic E-state index is -0.347. The van der Waals surface area contributed by atoms with Crippen LogP contribution in [-0.2, 0) is 22.5 Å². The Kier molecular flexibility index (Phi) is 6.33. The van der Waals surface area contributed by atoms with Crippen LogP contribution in [-0.4, -0.2) is 31.1 Å². The molecule has 1 aliphatic rings. The molecule has 0 fully saturated rings. The van der Waals surface area contributed by atoms with Crippen molar-refractivity contribution in [2.75, 3.05) is 20.2 Å². The number of benzene rings is 1. The number of hydrogen-bond acceptors (Lipinski definition) is 4. The van der Waals surface area contributed by atoms with Crippen molar-refractivity contribution >= 4 is 47.0 Å². The fourth-order valence-electron chi connectivity index (χ4n) is 2.90. The molecule has 2 aromatic rings. The van der Waals surface area contributed by atoms with Gasteiger partial charge in [0.25, 0.3) is 0 Å². The highest BCUT2D eigenvalue weighted by molar-refractivity contribution is 6.32. The molecule has 0 saturated heterocycles. The summed E-state index contributed by atoms with van der Waals surface area (Å²) >= 11 is 6.37. The normalized spacial score (nSPS) is 14.6. The molecular formula is C18H21Cl2NO3. The fraction of sp³-hybridized carbons (Fsp3) is 0.389. The highest BCUT2D eigenvalue weighted by Gasteiger charge is 2.22. The fourth-order valence-corrected chi connectivity index (χ4v) is 3.15. The van der Waals surface area contributed by atoms with Crippen LogP contribution in [0.2, 0.25) is 5.02 Å². The van der Waals surface area contributed by atoms with Gasteiger partial charge in [-0.3, -0.25) is 0 Å². The van der Waals surface area contributed by atoms with Crippen LogP contribution in [0.1, 0.15) is 30.2 Å². The first kappa shape index (κ1) is 18.8. The van der Waals surface area contributed by atoms with E-state index in [-0.39, 0.29) is 18.4 Å². The highest BCUT2D eigenvalue weighted by atomic mass is 35.5. The molecule has 0 aliphatic carbocycles. The Morgan fingerprint density at radius 3 is 2.96 bits per heavy atom.